The van der Waals surface area contributed by atoms with Gasteiger partial charge in [-0.1, -0.05) is 0 Å². The van der Waals surface area contributed by atoms with Gasteiger partial charge in [0.1, 0.15) is 0 Å². The summed E-state index contributed by atoms with van der Waals surface area (Å²) in [7, 11) is 1.01. The number of aromatic amines is 1. The van der Waals surface area contributed by atoms with Gasteiger partial charge in [-0.25, -0.2) is 17.2 Å². The predicted molar refractivity (Wildman–Crippen MR) is 49.0 cm³/mol. The highest BCUT2D eigenvalue weighted by Gasteiger charge is 2.19. The Morgan fingerprint density at radius 3 is 2.47 bits per heavy atom. The van der Waals surface area contributed by atoms with Crippen molar-refractivity contribution < 1.29 is 17.2 Å². The van der Waals surface area contributed by atoms with E-state index in [1.165, 1.54) is 0 Å². The number of hydrogen-bond donors (Lipinski definition) is 1. The second-order valence-electron chi connectivity index (χ2n) is 2.77. The van der Waals surface area contributed by atoms with Crippen molar-refractivity contribution in [3.05, 3.63) is 23.8 Å². The molecule has 0 bridgehead atoms. The molecular formula is C7H3ClF2N2O2S. The third kappa shape index (κ3) is 1.68. The van der Waals surface area contributed by atoms with Crippen LogP contribution in [0.2, 0.25) is 0 Å². The largest absolute Gasteiger partial charge is 0.278 e. The zero-order valence-corrected chi connectivity index (χ0v) is 8.53. The molecule has 1 aromatic carbocycles. The normalized spacial score (nSPS) is 12.2. The van der Waals surface area contributed by atoms with Crippen LogP contribution in [0.5, 0.6) is 0 Å². The third-order valence-electron chi connectivity index (χ3n) is 1.80. The van der Waals surface area contributed by atoms with Crippen LogP contribution in [0.1, 0.15) is 0 Å². The van der Waals surface area contributed by atoms with Gasteiger partial charge in [0.15, 0.2) is 16.7 Å². The molecule has 0 radical (unpaired) electrons. The number of nitrogens with one attached hydrogen (secondary N) is 1. The molecule has 0 amide bonds. The second kappa shape index (κ2) is 3.14. The van der Waals surface area contributed by atoms with Crippen LogP contribution in [0.25, 0.3) is 10.9 Å². The first-order valence-corrected chi connectivity index (χ1v) is 5.98. The number of benzene rings is 1. The molecule has 2 rings (SSSR count). The van der Waals surface area contributed by atoms with E-state index in [0.717, 1.165) is 12.1 Å². The number of nitrogens with zero attached hydrogens (tertiary/aromatic N) is 1. The fourth-order valence-corrected chi connectivity index (χ4v) is 2.10. The van der Waals surface area contributed by atoms with Gasteiger partial charge >= 0.3 is 0 Å². The molecule has 1 aromatic heterocycles. The molecule has 0 spiro atoms. The van der Waals surface area contributed by atoms with Gasteiger partial charge in [0, 0.05) is 22.1 Å². The Morgan fingerprint density at radius 2 is 1.87 bits per heavy atom. The van der Waals surface area contributed by atoms with E-state index in [0.29, 0.717) is 0 Å². The summed E-state index contributed by atoms with van der Waals surface area (Å²) in [6.07, 6.45) is 0. The van der Waals surface area contributed by atoms with Gasteiger partial charge in [-0.05, 0) is 6.07 Å². The molecule has 0 saturated heterocycles. The van der Waals surface area contributed by atoms with Gasteiger partial charge in [-0.15, -0.1) is 0 Å². The van der Waals surface area contributed by atoms with Gasteiger partial charge < -0.3 is 0 Å². The SMILES string of the molecule is O=S(=O)(Cl)c1[nH]nc2cc(F)c(F)cc12. The number of fused-ring (bicyclic) bond motifs is 1. The second-order valence-corrected chi connectivity index (χ2v) is 5.28. The van der Waals surface area contributed by atoms with Crippen LogP contribution in [0.3, 0.4) is 0 Å². The highest BCUT2D eigenvalue weighted by atomic mass is 35.7. The minimum absolute atomic E-state index is 0.00637. The third-order valence-corrected chi connectivity index (χ3v) is 3.07. The molecule has 8 heteroatoms. The van der Waals surface area contributed by atoms with Crippen molar-refractivity contribution >= 4 is 30.6 Å². The lowest BCUT2D eigenvalue weighted by Gasteiger charge is -1.94. The molecule has 0 saturated carbocycles. The summed E-state index contributed by atoms with van der Waals surface area (Å²) >= 11 is 0. The molecule has 2 aromatic rings. The highest BCUT2D eigenvalue weighted by Crippen LogP contribution is 2.24. The molecule has 15 heavy (non-hydrogen) atoms. The zero-order valence-electron chi connectivity index (χ0n) is 6.96. The van der Waals surface area contributed by atoms with Crippen LogP contribution in [-0.2, 0) is 9.05 Å². The topological polar surface area (TPSA) is 62.8 Å². The van der Waals surface area contributed by atoms with Crippen molar-refractivity contribution in [2.24, 2.45) is 0 Å². The molecule has 0 aliphatic rings. The summed E-state index contributed by atoms with van der Waals surface area (Å²) in [4.78, 5) is 0. The predicted octanol–water partition coefficient (Wildman–Crippen LogP) is 1.77. The van der Waals surface area contributed by atoms with E-state index < -0.39 is 25.7 Å². The number of rotatable bonds is 1. The molecule has 1 heterocycles. The average Bonchev–Trinajstić information content (AvgIpc) is 2.47. The molecule has 0 fully saturated rings. The molecule has 4 nitrogen and oxygen atoms in total. The first-order valence-electron chi connectivity index (χ1n) is 3.67. The first kappa shape index (κ1) is 10.3. The Morgan fingerprint density at radius 1 is 1.27 bits per heavy atom. The average molecular weight is 253 g/mol. The van der Waals surface area contributed by atoms with Crippen LogP contribution in [-0.4, -0.2) is 18.6 Å². The van der Waals surface area contributed by atoms with Crippen molar-refractivity contribution in [1.29, 1.82) is 0 Å². The standard InChI is InChI=1S/C7H3ClF2N2O2S/c8-15(13,14)7-3-1-4(9)5(10)2-6(3)11-12-7/h1-2H,(H,11,12). The fraction of sp³-hybridized carbons (Fsp3) is 0. The summed E-state index contributed by atoms with van der Waals surface area (Å²) in [6.45, 7) is 0. The highest BCUT2D eigenvalue weighted by molar-refractivity contribution is 8.13. The minimum Gasteiger partial charge on any atom is -0.265 e. The van der Waals surface area contributed by atoms with Crippen LogP contribution < -0.4 is 0 Å². The van der Waals surface area contributed by atoms with E-state index >= 15 is 0 Å². The molecule has 80 valence electrons. The quantitative estimate of drug-likeness (QED) is 0.787. The summed E-state index contributed by atoms with van der Waals surface area (Å²) < 4.78 is 47.5. The van der Waals surface area contributed by atoms with E-state index in [9.17, 15) is 17.2 Å². The number of aromatic nitrogens is 2. The Bertz CT molecular complexity index is 638. The van der Waals surface area contributed by atoms with E-state index in [-0.39, 0.29) is 10.9 Å². The van der Waals surface area contributed by atoms with Crippen molar-refractivity contribution in [3.8, 4) is 0 Å². The van der Waals surface area contributed by atoms with Gasteiger partial charge in [-0.2, -0.15) is 5.10 Å². The molecule has 0 atom stereocenters. The van der Waals surface area contributed by atoms with E-state index in [4.69, 9.17) is 10.7 Å². The smallest absolute Gasteiger partial charge is 0.265 e. The van der Waals surface area contributed by atoms with Crippen molar-refractivity contribution in [1.82, 2.24) is 10.2 Å². The van der Waals surface area contributed by atoms with Gasteiger partial charge in [0.25, 0.3) is 9.05 Å². The van der Waals surface area contributed by atoms with E-state index in [1.807, 2.05) is 0 Å². The lowest BCUT2D eigenvalue weighted by atomic mass is 10.2. The molecule has 0 unspecified atom stereocenters. The Kier molecular flexibility index (Phi) is 2.16. The van der Waals surface area contributed by atoms with Crippen LogP contribution >= 0.6 is 10.7 Å². The molecular weight excluding hydrogens is 250 g/mol. The van der Waals surface area contributed by atoms with Gasteiger partial charge in [0.05, 0.1) is 5.52 Å². The first-order chi connectivity index (χ1) is 6.89. The Labute approximate surface area is 87.3 Å². The molecule has 1 N–H and O–H groups in total. The lowest BCUT2D eigenvalue weighted by Crippen LogP contribution is -1.92. The number of hydrogen-bond acceptors (Lipinski definition) is 3. The van der Waals surface area contributed by atoms with Crippen molar-refractivity contribution in [3.63, 3.8) is 0 Å². The monoisotopic (exact) mass is 252 g/mol. The molecule has 0 aliphatic carbocycles. The van der Waals surface area contributed by atoms with E-state index in [2.05, 4.69) is 10.2 Å². The van der Waals surface area contributed by atoms with Crippen LogP contribution in [0.15, 0.2) is 17.2 Å². The molecule has 0 aliphatic heterocycles. The van der Waals surface area contributed by atoms with Gasteiger partial charge in [0.2, 0.25) is 0 Å². The van der Waals surface area contributed by atoms with Crippen molar-refractivity contribution in [2.75, 3.05) is 0 Å². The van der Waals surface area contributed by atoms with Crippen molar-refractivity contribution in [2.45, 2.75) is 5.03 Å². The zero-order chi connectivity index (χ0) is 11.2. The number of H-pyrrole nitrogens is 1. The maximum Gasteiger partial charge on any atom is 0.278 e. The maximum atomic E-state index is 12.8. The number of halogens is 3. The Balaban J connectivity index is 2.87. The maximum absolute atomic E-state index is 12.8. The fourth-order valence-electron chi connectivity index (χ4n) is 1.17. The lowest BCUT2D eigenvalue weighted by molar-refractivity contribution is 0.510. The summed E-state index contributed by atoms with van der Waals surface area (Å²) in [5.74, 6) is -2.27. The van der Waals surface area contributed by atoms with Crippen LogP contribution in [0, 0.1) is 11.6 Å². The summed E-state index contributed by atoms with van der Waals surface area (Å²) in [5.41, 5.74) is -0.00637. The summed E-state index contributed by atoms with van der Waals surface area (Å²) in [6, 6.07) is 1.51. The minimum atomic E-state index is -4.05. The Hall–Kier alpha value is -1.21. The summed E-state index contributed by atoms with van der Waals surface area (Å²) in [5, 5.41) is 5.07. The van der Waals surface area contributed by atoms with E-state index in [1.54, 1.807) is 0 Å². The van der Waals surface area contributed by atoms with Crippen LogP contribution in [0.4, 0.5) is 8.78 Å². The van der Waals surface area contributed by atoms with Gasteiger partial charge in [-0.3, -0.25) is 5.10 Å².